The van der Waals surface area contributed by atoms with Crippen molar-refractivity contribution in [2.45, 2.75) is 18.9 Å². The van der Waals surface area contributed by atoms with Gasteiger partial charge in [0.2, 0.25) is 5.78 Å². The number of ether oxygens (including phenoxy) is 1. The molecule has 26 heavy (non-hydrogen) atoms. The Balaban J connectivity index is 1.86. The third-order valence-corrected chi connectivity index (χ3v) is 4.06. The van der Waals surface area contributed by atoms with Crippen LogP contribution in [0.2, 0.25) is 0 Å². The molecule has 1 aliphatic carbocycles. The number of hydrogen-bond donors (Lipinski definition) is 0. The first-order chi connectivity index (χ1) is 12.4. The van der Waals surface area contributed by atoms with Crippen LogP contribution in [0, 0.1) is 20.2 Å². The average molecular weight is 356 g/mol. The predicted octanol–water partition coefficient (Wildman–Crippen LogP) is 2.86. The fourth-order valence-electron chi connectivity index (χ4n) is 2.80. The van der Waals surface area contributed by atoms with Gasteiger partial charge < -0.3 is 4.74 Å². The van der Waals surface area contributed by atoms with Gasteiger partial charge in [0, 0.05) is 17.7 Å². The number of Topliss-reactive ketones (excluding diaryl/α,β-unsaturated/α-hetero) is 1. The van der Waals surface area contributed by atoms with Crippen molar-refractivity contribution >= 4 is 23.1 Å². The van der Waals surface area contributed by atoms with Gasteiger partial charge in [-0.3, -0.25) is 25.0 Å². The maximum atomic E-state index is 12.4. The fourth-order valence-corrected chi connectivity index (χ4v) is 2.80. The van der Waals surface area contributed by atoms with E-state index < -0.39 is 33.3 Å². The Morgan fingerprint density at radius 1 is 1.04 bits per heavy atom. The Bertz CT molecular complexity index is 906. The van der Waals surface area contributed by atoms with Crippen molar-refractivity contribution in [3.63, 3.8) is 0 Å². The minimum Gasteiger partial charge on any atom is -0.450 e. The highest BCUT2D eigenvalue weighted by Gasteiger charge is 2.31. The van der Waals surface area contributed by atoms with Crippen LogP contribution in [0.3, 0.4) is 0 Å². The molecule has 1 atom stereocenters. The molecule has 3 rings (SSSR count). The van der Waals surface area contributed by atoms with Gasteiger partial charge >= 0.3 is 5.97 Å². The summed E-state index contributed by atoms with van der Waals surface area (Å²) < 4.78 is 5.18. The van der Waals surface area contributed by atoms with Crippen LogP contribution in [0.25, 0.3) is 0 Å². The van der Waals surface area contributed by atoms with Crippen LogP contribution in [0.15, 0.2) is 42.5 Å². The van der Waals surface area contributed by atoms with Crippen molar-refractivity contribution in [3.05, 3.63) is 79.4 Å². The molecule has 0 fully saturated rings. The summed E-state index contributed by atoms with van der Waals surface area (Å²) in [4.78, 5) is 44.9. The molecule has 0 aliphatic heterocycles. The smallest absolute Gasteiger partial charge is 0.339 e. The second kappa shape index (κ2) is 6.71. The topological polar surface area (TPSA) is 130 Å². The molecule has 132 valence electrons. The quantitative estimate of drug-likeness (QED) is 0.468. The van der Waals surface area contributed by atoms with E-state index in [0.717, 1.165) is 23.8 Å². The second-order valence-corrected chi connectivity index (χ2v) is 5.71. The van der Waals surface area contributed by atoms with E-state index in [-0.39, 0.29) is 17.8 Å². The highest BCUT2D eigenvalue weighted by molar-refractivity contribution is 6.03. The molecule has 2 aromatic rings. The van der Waals surface area contributed by atoms with Crippen LogP contribution in [-0.4, -0.2) is 27.7 Å². The van der Waals surface area contributed by atoms with Crippen molar-refractivity contribution in [1.82, 2.24) is 0 Å². The standard InChI is InChI=1S/C17H12N2O7/c20-16-14-4-2-1-3-10(14)5-6-15(16)26-17(21)11-7-12(18(22)23)9-13(8-11)19(24)25/h1-4,7-9,15H,5-6H2. The zero-order valence-corrected chi connectivity index (χ0v) is 13.3. The molecule has 0 saturated heterocycles. The first-order valence-electron chi connectivity index (χ1n) is 7.64. The molecule has 0 aromatic heterocycles. The van der Waals surface area contributed by atoms with Gasteiger partial charge in [-0.25, -0.2) is 4.79 Å². The van der Waals surface area contributed by atoms with Gasteiger partial charge in [0.1, 0.15) is 0 Å². The minimum atomic E-state index is -1.03. The highest BCUT2D eigenvalue weighted by Crippen LogP contribution is 2.26. The number of hydrogen-bond acceptors (Lipinski definition) is 7. The van der Waals surface area contributed by atoms with Crippen molar-refractivity contribution in [1.29, 1.82) is 0 Å². The lowest BCUT2D eigenvalue weighted by molar-refractivity contribution is -0.394. The molecular formula is C17H12N2O7. The number of carbonyl (C=O) groups excluding carboxylic acids is 2. The Kier molecular flexibility index (Phi) is 4.44. The minimum absolute atomic E-state index is 0.276. The van der Waals surface area contributed by atoms with Gasteiger partial charge in [0.25, 0.3) is 11.4 Å². The van der Waals surface area contributed by atoms with Crippen LogP contribution < -0.4 is 0 Å². The van der Waals surface area contributed by atoms with Crippen LogP contribution in [0.4, 0.5) is 11.4 Å². The summed E-state index contributed by atoms with van der Waals surface area (Å²) in [5.74, 6) is -1.38. The van der Waals surface area contributed by atoms with Gasteiger partial charge in [0.15, 0.2) is 6.10 Å². The number of ketones is 1. The monoisotopic (exact) mass is 356 g/mol. The summed E-state index contributed by atoms with van der Waals surface area (Å²) in [6.07, 6.45) is -0.219. The molecule has 0 amide bonds. The molecule has 1 aliphatic rings. The van der Waals surface area contributed by atoms with E-state index in [4.69, 9.17) is 4.74 Å². The van der Waals surface area contributed by atoms with E-state index >= 15 is 0 Å². The van der Waals surface area contributed by atoms with Crippen LogP contribution in [-0.2, 0) is 11.2 Å². The lowest BCUT2D eigenvalue weighted by atomic mass is 9.89. The van der Waals surface area contributed by atoms with Gasteiger partial charge in [-0.05, 0) is 18.4 Å². The predicted molar refractivity (Wildman–Crippen MR) is 88.0 cm³/mol. The van der Waals surface area contributed by atoms with E-state index in [9.17, 15) is 29.8 Å². The number of esters is 1. The number of rotatable bonds is 4. The van der Waals surface area contributed by atoms with E-state index in [2.05, 4.69) is 0 Å². The largest absolute Gasteiger partial charge is 0.450 e. The van der Waals surface area contributed by atoms with Crippen molar-refractivity contribution < 1.29 is 24.2 Å². The Morgan fingerprint density at radius 3 is 2.27 bits per heavy atom. The summed E-state index contributed by atoms with van der Waals surface area (Å²) in [5, 5.41) is 21.8. The number of aryl methyl sites for hydroxylation is 1. The van der Waals surface area contributed by atoms with Gasteiger partial charge in [0.05, 0.1) is 21.5 Å². The van der Waals surface area contributed by atoms with E-state index in [0.29, 0.717) is 12.0 Å². The Labute approximate surface area is 146 Å². The van der Waals surface area contributed by atoms with Crippen LogP contribution in [0.5, 0.6) is 0 Å². The fraction of sp³-hybridized carbons (Fsp3) is 0.176. The summed E-state index contributed by atoms with van der Waals surface area (Å²) in [6.45, 7) is 0. The lowest BCUT2D eigenvalue weighted by Crippen LogP contribution is -2.32. The molecule has 0 heterocycles. The molecule has 0 radical (unpaired) electrons. The summed E-state index contributed by atoms with van der Waals surface area (Å²) in [5.41, 5.74) is -0.243. The number of carbonyl (C=O) groups is 2. The molecule has 0 saturated carbocycles. The third kappa shape index (κ3) is 3.27. The van der Waals surface area contributed by atoms with Crippen LogP contribution >= 0.6 is 0 Å². The summed E-state index contributed by atoms with van der Waals surface area (Å²) in [6, 6.07) is 9.47. The van der Waals surface area contributed by atoms with Crippen LogP contribution in [0.1, 0.15) is 32.7 Å². The average Bonchev–Trinajstić information content (AvgIpc) is 2.63. The first-order valence-corrected chi connectivity index (χ1v) is 7.64. The Morgan fingerprint density at radius 2 is 1.65 bits per heavy atom. The number of fused-ring (bicyclic) bond motifs is 1. The Hall–Kier alpha value is -3.62. The maximum absolute atomic E-state index is 12.4. The number of nitro groups is 2. The van der Waals surface area contributed by atoms with E-state index in [1.807, 2.05) is 6.07 Å². The SMILES string of the molecule is O=C(OC1CCc2ccccc2C1=O)c1cc([N+](=O)[O-])cc([N+](=O)[O-])c1. The normalized spacial score (nSPS) is 15.8. The van der Waals surface area contributed by atoms with Gasteiger partial charge in [-0.15, -0.1) is 0 Å². The molecule has 9 heteroatoms. The first kappa shape index (κ1) is 17.2. The number of benzene rings is 2. The molecular weight excluding hydrogens is 344 g/mol. The highest BCUT2D eigenvalue weighted by atomic mass is 16.6. The van der Waals surface area contributed by atoms with Crippen molar-refractivity contribution in [2.24, 2.45) is 0 Å². The van der Waals surface area contributed by atoms with Gasteiger partial charge in [-0.2, -0.15) is 0 Å². The summed E-state index contributed by atoms with van der Waals surface area (Å²) >= 11 is 0. The van der Waals surface area contributed by atoms with Crippen molar-refractivity contribution in [3.8, 4) is 0 Å². The van der Waals surface area contributed by atoms with Crippen molar-refractivity contribution in [2.75, 3.05) is 0 Å². The zero-order chi connectivity index (χ0) is 18.8. The molecule has 0 bridgehead atoms. The zero-order valence-electron chi connectivity index (χ0n) is 13.3. The number of non-ortho nitro benzene ring substituents is 2. The maximum Gasteiger partial charge on any atom is 0.339 e. The number of nitrogens with zero attached hydrogens (tertiary/aromatic N) is 2. The molecule has 9 nitrogen and oxygen atoms in total. The molecule has 2 aromatic carbocycles. The lowest BCUT2D eigenvalue weighted by Gasteiger charge is -2.23. The van der Waals surface area contributed by atoms with E-state index in [1.54, 1.807) is 18.2 Å². The molecule has 0 N–H and O–H groups in total. The third-order valence-electron chi connectivity index (χ3n) is 4.06. The number of nitro benzene ring substituents is 2. The van der Waals surface area contributed by atoms with E-state index in [1.165, 1.54) is 0 Å². The second-order valence-electron chi connectivity index (χ2n) is 5.71. The summed E-state index contributed by atoms with van der Waals surface area (Å²) in [7, 11) is 0. The molecule has 1 unspecified atom stereocenters. The van der Waals surface area contributed by atoms with Gasteiger partial charge in [-0.1, -0.05) is 24.3 Å². The molecule has 0 spiro atoms.